The summed E-state index contributed by atoms with van der Waals surface area (Å²) in [5.74, 6) is 5.76. The molecule has 2 nitrogen and oxygen atoms in total. The van der Waals surface area contributed by atoms with Gasteiger partial charge in [-0.25, -0.2) is 5.43 Å². The Balaban J connectivity index is 2.41. The molecule has 1 atom stereocenters. The van der Waals surface area contributed by atoms with Gasteiger partial charge in [-0.15, -0.1) is 11.3 Å². The maximum Gasteiger partial charge on any atom is 0.0805 e. The molecule has 3 heteroatoms. The molecule has 0 bridgehead atoms. The van der Waals surface area contributed by atoms with Gasteiger partial charge in [0.05, 0.1) is 6.04 Å². The summed E-state index contributed by atoms with van der Waals surface area (Å²) in [6, 6.07) is 10.8. The Morgan fingerprint density at radius 1 is 1.22 bits per heavy atom. The Morgan fingerprint density at radius 2 is 2.00 bits per heavy atom. The second kappa shape index (κ2) is 5.65. The third-order valence-electron chi connectivity index (χ3n) is 3.44. The van der Waals surface area contributed by atoms with Gasteiger partial charge in [-0.05, 0) is 49.1 Å². The van der Waals surface area contributed by atoms with E-state index in [1.165, 1.54) is 26.4 Å². The Bertz CT molecular complexity index is 531. The lowest BCUT2D eigenvalue weighted by Gasteiger charge is -2.18. The van der Waals surface area contributed by atoms with E-state index >= 15 is 0 Å². The van der Waals surface area contributed by atoms with Crippen molar-refractivity contribution >= 4 is 11.3 Å². The molecule has 0 spiro atoms. The lowest BCUT2D eigenvalue weighted by molar-refractivity contribution is 0.642. The van der Waals surface area contributed by atoms with Crippen LogP contribution in [0.4, 0.5) is 0 Å². The van der Waals surface area contributed by atoms with E-state index in [4.69, 9.17) is 5.84 Å². The van der Waals surface area contributed by atoms with Gasteiger partial charge < -0.3 is 0 Å². The van der Waals surface area contributed by atoms with Gasteiger partial charge in [0.25, 0.3) is 0 Å². The number of hydrogen-bond acceptors (Lipinski definition) is 3. The summed E-state index contributed by atoms with van der Waals surface area (Å²) >= 11 is 1.83. The zero-order chi connectivity index (χ0) is 13.1. The quantitative estimate of drug-likeness (QED) is 0.652. The van der Waals surface area contributed by atoms with Crippen molar-refractivity contribution in [2.45, 2.75) is 33.2 Å². The van der Waals surface area contributed by atoms with Crippen LogP contribution in [0.25, 0.3) is 0 Å². The summed E-state index contributed by atoms with van der Waals surface area (Å²) in [5, 5.41) is 0. The van der Waals surface area contributed by atoms with Gasteiger partial charge in [0.1, 0.15) is 0 Å². The van der Waals surface area contributed by atoms with Crippen molar-refractivity contribution in [2.75, 3.05) is 0 Å². The van der Waals surface area contributed by atoms with Gasteiger partial charge in [-0.3, -0.25) is 5.84 Å². The maximum absolute atomic E-state index is 5.76. The summed E-state index contributed by atoms with van der Waals surface area (Å²) in [7, 11) is 0. The first kappa shape index (κ1) is 13.3. The van der Waals surface area contributed by atoms with Crippen LogP contribution in [0.5, 0.6) is 0 Å². The van der Waals surface area contributed by atoms with Crippen LogP contribution in [0.3, 0.4) is 0 Å². The van der Waals surface area contributed by atoms with Crippen molar-refractivity contribution in [3.05, 3.63) is 56.8 Å². The van der Waals surface area contributed by atoms with Crippen LogP contribution in [-0.4, -0.2) is 0 Å². The third-order valence-corrected chi connectivity index (χ3v) is 4.73. The van der Waals surface area contributed by atoms with E-state index < -0.39 is 0 Å². The van der Waals surface area contributed by atoms with Crippen LogP contribution < -0.4 is 11.3 Å². The van der Waals surface area contributed by atoms with E-state index in [1.54, 1.807) is 0 Å². The smallest absolute Gasteiger partial charge is 0.0805 e. The summed E-state index contributed by atoms with van der Waals surface area (Å²) in [4.78, 5) is 2.68. The number of hydrazine groups is 1. The highest BCUT2D eigenvalue weighted by Gasteiger charge is 2.17. The van der Waals surface area contributed by atoms with Gasteiger partial charge in [0.15, 0.2) is 0 Å². The van der Waals surface area contributed by atoms with Crippen molar-refractivity contribution in [3.63, 3.8) is 0 Å². The molecule has 1 heterocycles. The first-order valence-corrected chi connectivity index (χ1v) is 7.09. The molecular formula is C15H20N2S. The highest BCUT2D eigenvalue weighted by atomic mass is 32.1. The van der Waals surface area contributed by atoms with Crippen molar-refractivity contribution in [1.29, 1.82) is 0 Å². The SMILES string of the molecule is CCc1ccc(C(NN)c2cccc(C)c2C)s1. The molecule has 0 saturated heterocycles. The van der Waals surface area contributed by atoms with E-state index in [1.807, 2.05) is 11.3 Å². The number of rotatable bonds is 4. The lowest BCUT2D eigenvalue weighted by Crippen LogP contribution is -2.28. The number of thiophene rings is 1. The standard InChI is InChI=1S/C15H20N2S/c1-4-12-8-9-14(18-12)15(17-16)13-7-5-6-10(2)11(13)3/h5-9,15,17H,4,16H2,1-3H3. The molecule has 1 aromatic heterocycles. The fourth-order valence-corrected chi connectivity index (χ4v) is 3.18. The van der Waals surface area contributed by atoms with E-state index in [0.29, 0.717) is 0 Å². The van der Waals surface area contributed by atoms with Gasteiger partial charge in [-0.1, -0.05) is 25.1 Å². The fourth-order valence-electron chi connectivity index (χ4n) is 2.15. The molecule has 18 heavy (non-hydrogen) atoms. The van der Waals surface area contributed by atoms with Crippen molar-refractivity contribution in [1.82, 2.24) is 5.43 Å². The second-order valence-electron chi connectivity index (χ2n) is 4.55. The van der Waals surface area contributed by atoms with Crippen LogP contribution in [0.15, 0.2) is 30.3 Å². The summed E-state index contributed by atoms with van der Waals surface area (Å²) in [6.07, 6.45) is 1.08. The van der Waals surface area contributed by atoms with Crippen molar-refractivity contribution in [3.8, 4) is 0 Å². The van der Waals surface area contributed by atoms with Gasteiger partial charge >= 0.3 is 0 Å². The minimum Gasteiger partial charge on any atom is -0.271 e. The first-order chi connectivity index (χ1) is 8.67. The molecule has 2 rings (SSSR count). The zero-order valence-electron chi connectivity index (χ0n) is 11.2. The Kier molecular flexibility index (Phi) is 4.17. The van der Waals surface area contributed by atoms with Crippen LogP contribution in [-0.2, 0) is 6.42 Å². The minimum absolute atomic E-state index is 0.0928. The number of benzene rings is 1. The summed E-state index contributed by atoms with van der Waals surface area (Å²) < 4.78 is 0. The molecule has 0 radical (unpaired) electrons. The Hall–Kier alpha value is -1.16. The number of nitrogens with two attached hydrogens (primary N) is 1. The Labute approximate surface area is 113 Å². The van der Waals surface area contributed by atoms with E-state index in [2.05, 4.69) is 56.5 Å². The first-order valence-electron chi connectivity index (χ1n) is 6.28. The molecule has 96 valence electrons. The van der Waals surface area contributed by atoms with E-state index in [0.717, 1.165) is 6.42 Å². The van der Waals surface area contributed by atoms with Gasteiger partial charge in [0.2, 0.25) is 0 Å². The number of nitrogens with one attached hydrogen (secondary N) is 1. The average Bonchev–Trinajstić information content (AvgIpc) is 2.84. The molecule has 0 aliphatic carbocycles. The van der Waals surface area contributed by atoms with Crippen molar-refractivity contribution in [2.24, 2.45) is 5.84 Å². The zero-order valence-corrected chi connectivity index (χ0v) is 12.0. The molecule has 3 N–H and O–H groups in total. The lowest BCUT2D eigenvalue weighted by atomic mass is 9.97. The average molecular weight is 260 g/mol. The summed E-state index contributed by atoms with van der Waals surface area (Å²) in [6.45, 7) is 6.47. The van der Waals surface area contributed by atoms with Crippen LogP contribution >= 0.6 is 11.3 Å². The minimum atomic E-state index is 0.0928. The monoisotopic (exact) mass is 260 g/mol. The molecule has 0 amide bonds. The van der Waals surface area contributed by atoms with E-state index in [9.17, 15) is 0 Å². The molecule has 2 aromatic rings. The predicted molar refractivity (Wildman–Crippen MR) is 78.8 cm³/mol. The molecule has 0 saturated carbocycles. The highest BCUT2D eigenvalue weighted by molar-refractivity contribution is 7.12. The molecule has 1 aromatic carbocycles. The van der Waals surface area contributed by atoms with Crippen LogP contribution in [0.2, 0.25) is 0 Å². The topological polar surface area (TPSA) is 38.0 Å². The summed E-state index contributed by atoms with van der Waals surface area (Å²) in [5.41, 5.74) is 6.83. The van der Waals surface area contributed by atoms with Crippen LogP contribution in [0.1, 0.15) is 39.4 Å². The van der Waals surface area contributed by atoms with Crippen molar-refractivity contribution < 1.29 is 0 Å². The van der Waals surface area contributed by atoms with Gasteiger partial charge in [-0.2, -0.15) is 0 Å². The third kappa shape index (κ3) is 2.48. The fraction of sp³-hybridized carbons (Fsp3) is 0.333. The molecule has 0 fully saturated rings. The van der Waals surface area contributed by atoms with Gasteiger partial charge in [0, 0.05) is 9.75 Å². The molecule has 0 aliphatic rings. The van der Waals surface area contributed by atoms with E-state index in [-0.39, 0.29) is 6.04 Å². The Morgan fingerprint density at radius 3 is 2.61 bits per heavy atom. The normalized spacial score (nSPS) is 12.7. The highest BCUT2D eigenvalue weighted by Crippen LogP contribution is 2.30. The maximum atomic E-state index is 5.76. The largest absolute Gasteiger partial charge is 0.271 e. The molecule has 1 unspecified atom stereocenters. The molecule has 0 aliphatic heterocycles. The predicted octanol–water partition coefficient (Wildman–Crippen LogP) is 3.48. The number of aryl methyl sites for hydroxylation is 2. The number of hydrogen-bond donors (Lipinski definition) is 2. The van der Waals surface area contributed by atoms with Crippen LogP contribution in [0, 0.1) is 13.8 Å². The molecular weight excluding hydrogens is 240 g/mol. The second-order valence-corrected chi connectivity index (χ2v) is 5.75.